The number of aromatic amines is 1. The molecule has 0 bridgehead atoms. The van der Waals surface area contributed by atoms with Crippen LogP contribution in [0, 0.1) is 0 Å². The number of aromatic nitrogens is 4. The first kappa shape index (κ1) is 28.7. The fraction of sp³-hybridized carbons (Fsp3) is 0.370. The molecule has 1 aliphatic rings. The summed E-state index contributed by atoms with van der Waals surface area (Å²) in [4.78, 5) is 33.5. The summed E-state index contributed by atoms with van der Waals surface area (Å²) in [5.74, 6) is 0.294. The molecule has 1 atom stereocenters. The first-order chi connectivity index (χ1) is 17.1. The summed E-state index contributed by atoms with van der Waals surface area (Å²) in [6.45, 7) is 4.63. The van der Waals surface area contributed by atoms with Crippen LogP contribution in [0.4, 0.5) is 0 Å². The molecule has 0 amide bonds. The zero-order valence-corrected chi connectivity index (χ0v) is 22.5. The van der Waals surface area contributed by atoms with E-state index in [2.05, 4.69) is 80.8 Å². The Balaban J connectivity index is 0.00000190. The van der Waals surface area contributed by atoms with Crippen LogP contribution in [0.1, 0.15) is 29.9 Å². The van der Waals surface area contributed by atoms with Crippen molar-refractivity contribution in [3.05, 3.63) is 99.0 Å². The third-order valence-electron chi connectivity index (χ3n) is 7.07. The minimum Gasteiger partial charge on any atom is -0.325 e. The van der Waals surface area contributed by atoms with Crippen LogP contribution < -0.4 is 16.6 Å². The minimum atomic E-state index is -0.441. The molecule has 5 rings (SSSR count). The largest absolute Gasteiger partial charge is 0.329 e. The summed E-state index contributed by atoms with van der Waals surface area (Å²) < 4.78 is 3.24. The average molecular weight is 546 g/mol. The Hall–Kier alpha value is -2.91. The van der Waals surface area contributed by atoms with E-state index < -0.39 is 5.69 Å². The van der Waals surface area contributed by atoms with Gasteiger partial charge in [0.25, 0.3) is 5.56 Å². The van der Waals surface area contributed by atoms with Gasteiger partial charge >= 0.3 is 5.69 Å². The second-order valence-corrected chi connectivity index (χ2v) is 9.24. The van der Waals surface area contributed by atoms with E-state index in [1.54, 1.807) is 13.4 Å². The number of benzene rings is 2. The van der Waals surface area contributed by atoms with Gasteiger partial charge in [-0.2, -0.15) is 0 Å². The monoisotopic (exact) mass is 544 g/mol. The lowest BCUT2D eigenvalue weighted by atomic mass is 9.83. The molecule has 1 aliphatic heterocycles. The number of unbranched alkanes of at least 4 members (excludes halogenated alkanes) is 1. The number of hydrogen-bond acceptors (Lipinski definition) is 5. The van der Waals surface area contributed by atoms with E-state index in [1.165, 1.54) is 15.7 Å². The van der Waals surface area contributed by atoms with E-state index in [-0.39, 0.29) is 30.4 Å². The molecule has 4 aromatic rings. The summed E-state index contributed by atoms with van der Waals surface area (Å²) in [5, 5.41) is 3.61. The molecule has 2 aromatic carbocycles. The number of fused-ring (bicyclic) bond motifs is 1. The molecule has 0 radical (unpaired) electrons. The van der Waals surface area contributed by atoms with Crippen LogP contribution in [0.15, 0.2) is 76.6 Å². The van der Waals surface area contributed by atoms with Gasteiger partial charge in [-0.1, -0.05) is 60.7 Å². The van der Waals surface area contributed by atoms with Crippen molar-refractivity contribution in [3.63, 3.8) is 0 Å². The molecule has 1 saturated heterocycles. The highest BCUT2D eigenvalue weighted by Crippen LogP contribution is 2.31. The predicted octanol–water partition coefficient (Wildman–Crippen LogP) is 3.15. The number of aryl methyl sites for hydroxylation is 2. The molecular formula is C27H34Cl2N6O2. The number of imidazole rings is 1. The summed E-state index contributed by atoms with van der Waals surface area (Å²) in [6.07, 6.45) is 3.59. The number of H-pyrrole nitrogens is 1. The Morgan fingerprint density at radius 3 is 2.22 bits per heavy atom. The number of piperazine rings is 1. The molecule has 1 fully saturated rings. The van der Waals surface area contributed by atoms with Gasteiger partial charge in [0.2, 0.25) is 0 Å². The van der Waals surface area contributed by atoms with Crippen LogP contribution in [-0.4, -0.2) is 56.2 Å². The smallest absolute Gasteiger partial charge is 0.325 e. The zero-order valence-electron chi connectivity index (χ0n) is 20.9. The molecule has 0 aliphatic carbocycles. The third-order valence-corrected chi connectivity index (χ3v) is 7.07. The summed E-state index contributed by atoms with van der Waals surface area (Å²) >= 11 is 0. The van der Waals surface area contributed by atoms with Gasteiger partial charge in [-0.05, 0) is 30.5 Å². The quantitative estimate of drug-likeness (QED) is 0.332. The SMILES string of the molecule is Cl.Cl.Cn1c(=O)[nH]c(=O)c2c1ncn2CCCCN1CCNCC1C(c1ccccc1)c1ccccc1. The second kappa shape index (κ2) is 13.1. The van der Waals surface area contributed by atoms with Gasteiger partial charge in [0.05, 0.1) is 6.33 Å². The highest BCUT2D eigenvalue weighted by atomic mass is 35.5. The maximum Gasteiger partial charge on any atom is 0.329 e. The third kappa shape index (κ3) is 6.15. The molecule has 2 N–H and O–H groups in total. The van der Waals surface area contributed by atoms with Crippen LogP contribution >= 0.6 is 24.8 Å². The minimum absolute atomic E-state index is 0. The average Bonchev–Trinajstić information content (AvgIpc) is 3.32. The maximum atomic E-state index is 12.4. The lowest BCUT2D eigenvalue weighted by molar-refractivity contribution is 0.144. The van der Waals surface area contributed by atoms with E-state index in [1.807, 2.05) is 4.57 Å². The highest BCUT2D eigenvalue weighted by molar-refractivity contribution is 5.85. The van der Waals surface area contributed by atoms with Gasteiger partial charge in [0, 0.05) is 45.2 Å². The first-order valence-electron chi connectivity index (χ1n) is 12.3. The van der Waals surface area contributed by atoms with Crippen LogP contribution in [0.25, 0.3) is 11.2 Å². The van der Waals surface area contributed by atoms with E-state index in [9.17, 15) is 9.59 Å². The Kier molecular flexibility index (Phi) is 10.1. The van der Waals surface area contributed by atoms with E-state index >= 15 is 0 Å². The standard InChI is InChI=1S/C27H32N6O2.2ClH/c1-31-25-24(26(34)30-27(31)35)33(19-29-25)16-9-8-15-32-17-14-28-18-22(32)23(20-10-4-2-5-11-20)21-12-6-3-7-13-21;;/h2-7,10-13,19,22-23,28H,8-9,14-18H2,1H3,(H,30,34,35);2*1H. The van der Waals surface area contributed by atoms with Crippen molar-refractivity contribution in [3.8, 4) is 0 Å². The summed E-state index contributed by atoms with van der Waals surface area (Å²) in [5.41, 5.74) is 2.74. The summed E-state index contributed by atoms with van der Waals surface area (Å²) in [7, 11) is 1.62. The fourth-order valence-corrected chi connectivity index (χ4v) is 5.28. The second-order valence-electron chi connectivity index (χ2n) is 9.24. The van der Waals surface area contributed by atoms with Crippen molar-refractivity contribution in [2.24, 2.45) is 7.05 Å². The number of nitrogens with one attached hydrogen (secondary N) is 2. The van der Waals surface area contributed by atoms with Crippen molar-refractivity contribution in [1.29, 1.82) is 0 Å². The van der Waals surface area contributed by atoms with Gasteiger partial charge in [-0.15, -0.1) is 24.8 Å². The Morgan fingerprint density at radius 1 is 0.946 bits per heavy atom. The fourth-order valence-electron chi connectivity index (χ4n) is 5.28. The van der Waals surface area contributed by atoms with Crippen LogP contribution in [0.3, 0.4) is 0 Å². The number of rotatable bonds is 8. The molecule has 3 heterocycles. The molecular weight excluding hydrogens is 511 g/mol. The van der Waals surface area contributed by atoms with Gasteiger partial charge in [-0.3, -0.25) is 19.2 Å². The van der Waals surface area contributed by atoms with Crippen LogP contribution in [0.5, 0.6) is 0 Å². The Bertz CT molecular complexity index is 1350. The molecule has 8 nitrogen and oxygen atoms in total. The maximum absolute atomic E-state index is 12.4. The Labute approximate surface area is 228 Å². The van der Waals surface area contributed by atoms with Gasteiger partial charge in [0.15, 0.2) is 11.2 Å². The first-order valence-corrected chi connectivity index (χ1v) is 12.3. The topological polar surface area (TPSA) is 88.0 Å². The molecule has 0 spiro atoms. The number of hydrogen-bond donors (Lipinski definition) is 2. The molecule has 198 valence electrons. The normalized spacial score (nSPS) is 15.9. The molecule has 1 unspecified atom stereocenters. The molecule has 10 heteroatoms. The summed E-state index contributed by atoms with van der Waals surface area (Å²) in [6, 6.07) is 21.9. The van der Waals surface area contributed by atoms with E-state index in [0.717, 1.165) is 39.0 Å². The molecule has 2 aromatic heterocycles. The number of nitrogens with zero attached hydrogens (tertiary/aromatic N) is 4. The van der Waals surface area contributed by atoms with Gasteiger partial charge < -0.3 is 9.88 Å². The molecule has 37 heavy (non-hydrogen) atoms. The highest BCUT2D eigenvalue weighted by Gasteiger charge is 2.31. The van der Waals surface area contributed by atoms with Crippen molar-refractivity contribution in [1.82, 2.24) is 29.3 Å². The van der Waals surface area contributed by atoms with Crippen molar-refractivity contribution in [2.75, 3.05) is 26.2 Å². The lowest BCUT2D eigenvalue weighted by Crippen LogP contribution is -2.54. The van der Waals surface area contributed by atoms with Crippen molar-refractivity contribution >= 4 is 36.0 Å². The van der Waals surface area contributed by atoms with E-state index in [4.69, 9.17) is 0 Å². The van der Waals surface area contributed by atoms with Crippen molar-refractivity contribution < 1.29 is 0 Å². The molecule has 0 saturated carbocycles. The van der Waals surface area contributed by atoms with Gasteiger partial charge in [-0.25, -0.2) is 9.78 Å². The number of halogens is 2. The van der Waals surface area contributed by atoms with Gasteiger partial charge in [0.1, 0.15) is 0 Å². The van der Waals surface area contributed by atoms with Crippen LogP contribution in [-0.2, 0) is 13.6 Å². The zero-order chi connectivity index (χ0) is 24.2. The van der Waals surface area contributed by atoms with Crippen LogP contribution in [0.2, 0.25) is 0 Å². The Morgan fingerprint density at radius 2 is 1.57 bits per heavy atom. The lowest BCUT2D eigenvalue weighted by Gasteiger charge is -2.41. The van der Waals surface area contributed by atoms with E-state index in [0.29, 0.717) is 29.7 Å². The predicted molar refractivity (Wildman–Crippen MR) is 152 cm³/mol. The van der Waals surface area contributed by atoms with Crippen molar-refractivity contribution in [2.45, 2.75) is 31.3 Å².